The molecule has 4 nitrogen and oxygen atoms in total. The number of halogens is 2. The predicted octanol–water partition coefficient (Wildman–Crippen LogP) is 3.81. The molecule has 1 heterocycles. The molecule has 2 fully saturated rings. The van der Waals surface area contributed by atoms with E-state index in [-0.39, 0.29) is 23.8 Å². The first kappa shape index (κ1) is 17.6. The van der Waals surface area contributed by atoms with Crippen LogP contribution in [0.3, 0.4) is 0 Å². The van der Waals surface area contributed by atoms with Gasteiger partial charge in [-0.15, -0.1) is 0 Å². The second-order valence-corrected chi connectivity index (χ2v) is 7.36. The van der Waals surface area contributed by atoms with Gasteiger partial charge in [-0.3, -0.25) is 9.59 Å². The zero-order valence-electron chi connectivity index (χ0n) is 14.6. The summed E-state index contributed by atoms with van der Waals surface area (Å²) in [4.78, 5) is 25.7. The largest absolute Gasteiger partial charge is 0.481 e. The highest BCUT2D eigenvalue weighted by molar-refractivity contribution is 5.95. The van der Waals surface area contributed by atoms with Gasteiger partial charge in [0.2, 0.25) is 0 Å². The van der Waals surface area contributed by atoms with Crippen molar-refractivity contribution in [1.29, 1.82) is 0 Å². The first-order valence-electron chi connectivity index (χ1n) is 9.01. The fraction of sp³-hybridized carbons (Fsp3) is 0.333. The minimum absolute atomic E-state index is 0.0481. The smallest absolute Gasteiger partial charge is 0.308 e. The van der Waals surface area contributed by atoms with Crippen LogP contribution in [0, 0.1) is 29.4 Å². The highest BCUT2D eigenvalue weighted by Crippen LogP contribution is 2.44. The molecular formula is C21H19F2NO3. The van der Waals surface area contributed by atoms with Crippen molar-refractivity contribution >= 4 is 11.9 Å². The molecule has 1 saturated carbocycles. The molecule has 0 bridgehead atoms. The molecule has 0 spiro atoms. The fourth-order valence-electron chi connectivity index (χ4n) is 3.94. The molecule has 1 N–H and O–H groups in total. The number of rotatable bonds is 4. The van der Waals surface area contributed by atoms with E-state index in [2.05, 4.69) is 0 Å². The van der Waals surface area contributed by atoms with Crippen molar-refractivity contribution < 1.29 is 23.5 Å². The van der Waals surface area contributed by atoms with Crippen molar-refractivity contribution in [3.05, 3.63) is 59.7 Å². The summed E-state index contributed by atoms with van der Waals surface area (Å²) in [5, 5.41) is 9.43. The Bertz CT molecular complexity index is 893. The van der Waals surface area contributed by atoms with Gasteiger partial charge in [-0.05, 0) is 60.1 Å². The van der Waals surface area contributed by atoms with E-state index in [0.29, 0.717) is 23.6 Å². The topological polar surface area (TPSA) is 57.6 Å². The number of nitrogens with zero attached hydrogens (tertiary/aromatic N) is 1. The molecule has 2 aromatic carbocycles. The number of carboxylic acids is 1. The van der Waals surface area contributed by atoms with Crippen LogP contribution < -0.4 is 0 Å². The van der Waals surface area contributed by atoms with Crippen molar-refractivity contribution in [3.8, 4) is 11.1 Å². The third kappa shape index (κ3) is 3.44. The standard InChI is InChI=1S/C21H19F2NO3/c22-15-6-3-12(4-7-15)14-5-8-16(19(23)9-14)20(25)24-10-17(13-1-2-13)18(11-24)21(26)27/h3-9,13,17-18H,1-2,10-11H2,(H,26,27)/t17-,18+/m1/s1. The molecule has 1 aliphatic carbocycles. The van der Waals surface area contributed by atoms with Gasteiger partial charge in [0, 0.05) is 13.1 Å². The van der Waals surface area contributed by atoms with Crippen molar-refractivity contribution in [3.63, 3.8) is 0 Å². The van der Waals surface area contributed by atoms with Crippen LogP contribution in [0.5, 0.6) is 0 Å². The van der Waals surface area contributed by atoms with Crippen LogP contribution in [0.2, 0.25) is 0 Å². The number of hydrogen-bond acceptors (Lipinski definition) is 2. The van der Waals surface area contributed by atoms with Gasteiger partial charge in [-0.25, -0.2) is 8.78 Å². The summed E-state index contributed by atoms with van der Waals surface area (Å²) in [6.45, 7) is 0.480. The molecule has 1 aliphatic heterocycles. The van der Waals surface area contributed by atoms with E-state index in [1.807, 2.05) is 0 Å². The van der Waals surface area contributed by atoms with Gasteiger partial charge in [-0.2, -0.15) is 0 Å². The Kier molecular flexibility index (Phi) is 4.42. The Morgan fingerprint density at radius 2 is 1.63 bits per heavy atom. The lowest BCUT2D eigenvalue weighted by atomic mass is 9.92. The fourth-order valence-corrected chi connectivity index (χ4v) is 3.94. The lowest BCUT2D eigenvalue weighted by molar-refractivity contribution is -0.142. The molecule has 0 unspecified atom stereocenters. The molecule has 27 heavy (non-hydrogen) atoms. The first-order valence-corrected chi connectivity index (χ1v) is 9.01. The SMILES string of the molecule is O=C(O)[C@H]1CN(C(=O)c2ccc(-c3ccc(F)cc3)cc2F)C[C@@H]1C1CC1. The molecule has 4 rings (SSSR count). The number of carbonyl (C=O) groups excluding carboxylic acids is 1. The number of amides is 1. The maximum absolute atomic E-state index is 14.6. The minimum Gasteiger partial charge on any atom is -0.481 e. The number of hydrogen-bond donors (Lipinski definition) is 1. The molecule has 2 atom stereocenters. The van der Waals surface area contributed by atoms with Crippen LogP contribution >= 0.6 is 0 Å². The van der Waals surface area contributed by atoms with Gasteiger partial charge in [0.15, 0.2) is 0 Å². The predicted molar refractivity (Wildman–Crippen MR) is 95.0 cm³/mol. The quantitative estimate of drug-likeness (QED) is 0.889. The third-order valence-electron chi connectivity index (χ3n) is 5.57. The Morgan fingerprint density at radius 1 is 0.963 bits per heavy atom. The van der Waals surface area contributed by atoms with E-state index in [1.54, 1.807) is 18.2 Å². The van der Waals surface area contributed by atoms with Crippen LogP contribution in [0.15, 0.2) is 42.5 Å². The van der Waals surface area contributed by atoms with Crippen LogP contribution in [-0.2, 0) is 4.79 Å². The van der Waals surface area contributed by atoms with E-state index in [4.69, 9.17) is 0 Å². The van der Waals surface area contributed by atoms with Crippen molar-refractivity contribution in [2.24, 2.45) is 17.8 Å². The zero-order valence-corrected chi connectivity index (χ0v) is 14.6. The molecule has 1 amide bonds. The van der Waals surface area contributed by atoms with Gasteiger partial charge in [0.25, 0.3) is 5.91 Å². The van der Waals surface area contributed by atoms with Gasteiger partial charge in [0.05, 0.1) is 11.5 Å². The van der Waals surface area contributed by atoms with Crippen LogP contribution in [0.25, 0.3) is 11.1 Å². The summed E-state index contributed by atoms with van der Waals surface area (Å²) < 4.78 is 27.6. The van der Waals surface area contributed by atoms with Gasteiger partial charge in [-0.1, -0.05) is 18.2 Å². The van der Waals surface area contributed by atoms with E-state index in [1.165, 1.54) is 29.2 Å². The second kappa shape index (κ2) is 6.76. The molecule has 6 heteroatoms. The van der Waals surface area contributed by atoms with E-state index in [9.17, 15) is 23.5 Å². The number of carbonyl (C=O) groups is 2. The number of carboxylic acid groups (broad SMARTS) is 1. The molecule has 0 aromatic heterocycles. The number of aliphatic carboxylic acids is 1. The number of benzene rings is 2. The average molecular weight is 371 g/mol. The third-order valence-corrected chi connectivity index (χ3v) is 5.57. The Hall–Kier alpha value is -2.76. The lowest BCUT2D eigenvalue weighted by Crippen LogP contribution is -2.30. The normalized spacial score (nSPS) is 22.1. The monoisotopic (exact) mass is 371 g/mol. The summed E-state index contributed by atoms with van der Waals surface area (Å²) >= 11 is 0. The van der Waals surface area contributed by atoms with Gasteiger partial charge >= 0.3 is 5.97 Å². The zero-order chi connectivity index (χ0) is 19.1. The molecule has 140 valence electrons. The number of likely N-dealkylation sites (tertiary alicyclic amines) is 1. The van der Waals surface area contributed by atoms with Gasteiger partial charge < -0.3 is 10.0 Å². The minimum atomic E-state index is -0.894. The van der Waals surface area contributed by atoms with E-state index >= 15 is 0 Å². The summed E-state index contributed by atoms with van der Waals surface area (Å²) in [7, 11) is 0. The first-order chi connectivity index (χ1) is 12.9. The van der Waals surface area contributed by atoms with E-state index < -0.39 is 23.6 Å². The highest BCUT2D eigenvalue weighted by Gasteiger charge is 2.47. The van der Waals surface area contributed by atoms with Crippen LogP contribution in [-0.4, -0.2) is 35.0 Å². The lowest BCUT2D eigenvalue weighted by Gasteiger charge is -2.17. The van der Waals surface area contributed by atoms with E-state index in [0.717, 1.165) is 12.8 Å². The van der Waals surface area contributed by atoms with Gasteiger partial charge in [0.1, 0.15) is 11.6 Å². The summed E-state index contributed by atoms with van der Waals surface area (Å²) in [5.41, 5.74) is 1.13. The Balaban J connectivity index is 1.55. The molecular weight excluding hydrogens is 352 g/mol. The molecule has 1 saturated heterocycles. The van der Waals surface area contributed by atoms with Crippen molar-refractivity contribution in [2.45, 2.75) is 12.8 Å². The average Bonchev–Trinajstić information content (AvgIpc) is 3.39. The summed E-state index contributed by atoms with van der Waals surface area (Å²) in [5.74, 6) is -2.69. The maximum Gasteiger partial charge on any atom is 0.308 e. The van der Waals surface area contributed by atoms with Crippen LogP contribution in [0.1, 0.15) is 23.2 Å². The second-order valence-electron chi connectivity index (χ2n) is 7.36. The highest BCUT2D eigenvalue weighted by atomic mass is 19.1. The Labute approximate surface area is 155 Å². The maximum atomic E-state index is 14.6. The van der Waals surface area contributed by atoms with Crippen molar-refractivity contribution in [1.82, 2.24) is 4.90 Å². The molecule has 2 aliphatic rings. The molecule has 2 aromatic rings. The van der Waals surface area contributed by atoms with Crippen molar-refractivity contribution in [2.75, 3.05) is 13.1 Å². The Morgan fingerprint density at radius 3 is 2.22 bits per heavy atom. The summed E-state index contributed by atoms with van der Waals surface area (Å²) in [6.07, 6.45) is 1.99. The molecule has 0 radical (unpaired) electrons. The van der Waals surface area contributed by atoms with Crippen LogP contribution in [0.4, 0.5) is 8.78 Å². The summed E-state index contributed by atoms with van der Waals surface area (Å²) in [6, 6.07) is 9.96.